The molecule has 0 radical (unpaired) electrons. The lowest BCUT2D eigenvalue weighted by Gasteiger charge is -2.10. The standard InChI is InChI=1S/C13H15NO5S/c1-6-7(2)20-11(14-8(3)15)10(6)13(17)19-9-4-5-18-12(9)16/h9H,4-5H2,1-3H3,(H,14,15)/t9-/m0/s1. The number of hydrogen-bond acceptors (Lipinski definition) is 6. The number of amides is 1. The summed E-state index contributed by atoms with van der Waals surface area (Å²) in [5.74, 6) is -1.40. The van der Waals surface area contributed by atoms with Crippen molar-refractivity contribution in [3.63, 3.8) is 0 Å². The first-order valence-corrected chi connectivity index (χ1v) is 6.97. The molecule has 1 aromatic heterocycles. The molecule has 0 saturated carbocycles. The predicted octanol–water partition coefficient (Wildman–Crippen LogP) is 1.80. The van der Waals surface area contributed by atoms with Crippen molar-refractivity contribution >= 4 is 34.2 Å². The number of aryl methyl sites for hydroxylation is 1. The quantitative estimate of drug-likeness (QED) is 0.860. The minimum absolute atomic E-state index is 0.261. The van der Waals surface area contributed by atoms with Gasteiger partial charge in [-0.2, -0.15) is 0 Å². The number of ether oxygens (including phenoxy) is 2. The highest BCUT2D eigenvalue weighted by atomic mass is 32.1. The molecule has 0 spiro atoms. The second-order valence-electron chi connectivity index (χ2n) is 4.52. The summed E-state index contributed by atoms with van der Waals surface area (Å²) in [5.41, 5.74) is 1.05. The third-order valence-corrected chi connectivity index (χ3v) is 4.14. The van der Waals surface area contributed by atoms with Crippen LogP contribution < -0.4 is 5.32 Å². The van der Waals surface area contributed by atoms with E-state index in [1.54, 1.807) is 6.92 Å². The minimum Gasteiger partial charge on any atom is -0.463 e. The monoisotopic (exact) mass is 297 g/mol. The molecule has 1 aromatic rings. The molecule has 7 heteroatoms. The van der Waals surface area contributed by atoms with Crippen LogP contribution in [-0.2, 0) is 19.1 Å². The summed E-state index contributed by atoms with van der Waals surface area (Å²) < 4.78 is 9.92. The first kappa shape index (κ1) is 14.5. The van der Waals surface area contributed by atoms with Crippen LogP contribution in [0.3, 0.4) is 0 Å². The van der Waals surface area contributed by atoms with Crippen LogP contribution in [0.2, 0.25) is 0 Å². The third kappa shape index (κ3) is 2.82. The van der Waals surface area contributed by atoms with Crippen LogP contribution in [-0.4, -0.2) is 30.6 Å². The molecule has 1 N–H and O–H groups in total. The summed E-state index contributed by atoms with van der Waals surface area (Å²) in [6.45, 7) is 5.26. The number of hydrogen-bond donors (Lipinski definition) is 1. The Bertz CT molecular complexity index is 578. The summed E-state index contributed by atoms with van der Waals surface area (Å²) in [6, 6.07) is 0. The molecule has 1 saturated heterocycles. The van der Waals surface area contributed by atoms with Gasteiger partial charge in [-0.15, -0.1) is 11.3 Å². The summed E-state index contributed by atoms with van der Waals surface area (Å²) in [5, 5.41) is 3.06. The molecule has 0 aromatic carbocycles. The van der Waals surface area contributed by atoms with Crippen molar-refractivity contribution in [3.8, 4) is 0 Å². The van der Waals surface area contributed by atoms with Gasteiger partial charge < -0.3 is 14.8 Å². The van der Waals surface area contributed by atoms with Gasteiger partial charge in [0.2, 0.25) is 12.0 Å². The van der Waals surface area contributed by atoms with Gasteiger partial charge in [0.1, 0.15) is 5.00 Å². The number of esters is 2. The second kappa shape index (κ2) is 5.62. The Labute approximate surface area is 120 Å². The van der Waals surface area contributed by atoms with Crippen molar-refractivity contribution in [1.82, 2.24) is 0 Å². The molecule has 0 unspecified atom stereocenters. The van der Waals surface area contributed by atoms with Gasteiger partial charge in [-0.25, -0.2) is 9.59 Å². The molecule has 1 atom stereocenters. The van der Waals surface area contributed by atoms with E-state index in [-0.39, 0.29) is 12.5 Å². The lowest BCUT2D eigenvalue weighted by atomic mass is 10.1. The third-order valence-electron chi connectivity index (χ3n) is 3.02. The van der Waals surface area contributed by atoms with Gasteiger partial charge >= 0.3 is 11.9 Å². The summed E-state index contributed by atoms with van der Waals surface area (Å²) in [4.78, 5) is 35.6. The molecule has 108 valence electrons. The van der Waals surface area contributed by atoms with E-state index in [2.05, 4.69) is 5.32 Å². The molecule has 1 aliphatic heterocycles. The van der Waals surface area contributed by atoms with Gasteiger partial charge in [0.15, 0.2) is 0 Å². The fraction of sp³-hybridized carbons (Fsp3) is 0.462. The molecule has 1 aliphatic rings. The summed E-state index contributed by atoms with van der Waals surface area (Å²) in [7, 11) is 0. The number of anilines is 1. The SMILES string of the molecule is CC(=O)Nc1sc(C)c(C)c1C(=O)O[C@H]1CCOC1=O. The topological polar surface area (TPSA) is 81.7 Å². The number of carbonyl (C=O) groups excluding carboxylic acids is 3. The summed E-state index contributed by atoms with van der Waals surface area (Å²) in [6.07, 6.45) is -0.491. The van der Waals surface area contributed by atoms with Gasteiger partial charge in [0.25, 0.3) is 0 Å². The molecule has 1 amide bonds. The van der Waals surface area contributed by atoms with Gasteiger partial charge in [-0.1, -0.05) is 0 Å². The number of carbonyl (C=O) groups is 3. The molecule has 20 heavy (non-hydrogen) atoms. The van der Waals surface area contributed by atoms with E-state index < -0.39 is 18.0 Å². The molecule has 0 bridgehead atoms. The van der Waals surface area contributed by atoms with Crippen LogP contribution in [0.1, 0.15) is 34.1 Å². The van der Waals surface area contributed by atoms with E-state index in [0.717, 1.165) is 10.4 Å². The van der Waals surface area contributed by atoms with Crippen molar-refractivity contribution in [3.05, 3.63) is 16.0 Å². The number of cyclic esters (lactones) is 1. The number of nitrogens with one attached hydrogen (secondary N) is 1. The highest BCUT2D eigenvalue weighted by Gasteiger charge is 2.32. The normalized spacial score (nSPS) is 17.8. The predicted molar refractivity (Wildman–Crippen MR) is 72.9 cm³/mol. The zero-order chi connectivity index (χ0) is 14.9. The molecule has 2 rings (SSSR count). The maximum absolute atomic E-state index is 12.2. The largest absolute Gasteiger partial charge is 0.463 e. The van der Waals surface area contributed by atoms with Crippen LogP contribution in [0.5, 0.6) is 0 Å². The maximum Gasteiger partial charge on any atom is 0.347 e. The highest BCUT2D eigenvalue weighted by molar-refractivity contribution is 7.16. The fourth-order valence-corrected chi connectivity index (χ4v) is 2.99. The highest BCUT2D eigenvalue weighted by Crippen LogP contribution is 2.33. The molecular weight excluding hydrogens is 282 g/mol. The molecule has 6 nitrogen and oxygen atoms in total. The Kier molecular flexibility index (Phi) is 4.08. The lowest BCUT2D eigenvalue weighted by Crippen LogP contribution is -2.23. The van der Waals surface area contributed by atoms with Gasteiger partial charge in [-0.3, -0.25) is 4.79 Å². The Morgan fingerprint density at radius 2 is 2.10 bits per heavy atom. The average molecular weight is 297 g/mol. The van der Waals surface area contributed by atoms with Crippen molar-refractivity contribution < 1.29 is 23.9 Å². The van der Waals surface area contributed by atoms with E-state index >= 15 is 0 Å². The van der Waals surface area contributed by atoms with Crippen molar-refractivity contribution in [1.29, 1.82) is 0 Å². The van der Waals surface area contributed by atoms with E-state index in [4.69, 9.17) is 9.47 Å². The van der Waals surface area contributed by atoms with Crippen LogP contribution in [0.25, 0.3) is 0 Å². The van der Waals surface area contributed by atoms with Crippen molar-refractivity contribution in [2.45, 2.75) is 33.3 Å². The Balaban J connectivity index is 2.24. The first-order valence-electron chi connectivity index (χ1n) is 6.15. The second-order valence-corrected chi connectivity index (χ2v) is 5.74. The maximum atomic E-state index is 12.2. The van der Waals surface area contributed by atoms with Crippen LogP contribution in [0.15, 0.2) is 0 Å². The molecule has 2 heterocycles. The van der Waals surface area contributed by atoms with E-state index in [9.17, 15) is 14.4 Å². The first-order chi connectivity index (χ1) is 9.40. The number of rotatable bonds is 3. The van der Waals surface area contributed by atoms with Gasteiger partial charge in [0, 0.05) is 18.2 Å². The van der Waals surface area contributed by atoms with Gasteiger partial charge in [0.05, 0.1) is 12.2 Å². The Hall–Kier alpha value is -1.89. The van der Waals surface area contributed by atoms with Crippen LogP contribution >= 0.6 is 11.3 Å². The van der Waals surface area contributed by atoms with Crippen molar-refractivity contribution in [2.24, 2.45) is 0 Å². The van der Waals surface area contributed by atoms with Crippen LogP contribution in [0.4, 0.5) is 5.00 Å². The van der Waals surface area contributed by atoms with Crippen LogP contribution in [0, 0.1) is 13.8 Å². The zero-order valence-electron chi connectivity index (χ0n) is 11.4. The molecule has 0 aliphatic carbocycles. The number of thiophene rings is 1. The van der Waals surface area contributed by atoms with Gasteiger partial charge in [-0.05, 0) is 19.4 Å². The zero-order valence-corrected chi connectivity index (χ0v) is 12.3. The van der Waals surface area contributed by atoms with Crippen molar-refractivity contribution in [2.75, 3.05) is 11.9 Å². The van der Waals surface area contributed by atoms with E-state index in [1.165, 1.54) is 18.3 Å². The minimum atomic E-state index is -0.854. The Morgan fingerprint density at radius 3 is 2.65 bits per heavy atom. The average Bonchev–Trinajstić information content (AvgIpc) is 2.84. The molecular formula is C13H15NO5S. The Morgan fingerprint density at radius 1 is 1.40 bits per heavy atom. The van der Waals surface area contributed by atoms with E-state index in [1.807, 2.05) is 6.92 Å². The van der Waals surface area contributed by atoms with E-state index in [0.29, 0.717) is 17.0 Å². The lowest BCUT2D eigenvalue weighted by molar-refractivity contribution is -0.145. The fourth-order valence-electron chi connectivity index (χ4n) is 1.89. The smallest absolute Gasteiger partial charge is 0.347 e. The molecule has 1 fully saturated rings. The summed E-state index contributed by atoms with van der Waals surface area (Å²) >= 11 is 1.31.